The van der Waals surface area contributed by atoms with Crippen LogP contribution < -0.4 is 0 Å². The number of thiazole rings is 1. The summed E-state index contributed by atoms with van der Waals surface area (Å²) in [5, 5.41) is 0.906. The van der Waals surface area contributed by atoms with Crippen LogP contribution in [0.1, 0.15) is 17.0 Å². The first-order valence-corrected chi connectivity index (χ1v) is 11.5. The monoisotopic (exact) mass is 404 g/mol. The fourth-order valence-corrected chi connectivity index (χ4v) is 6.49. The Labute approximate surface area is 162 Å². The summed E-state index contributed by atoms with van der Waals surface area (Å²) in [5.74, 6) is 0.546. The lowest BCUT2D eigenvalue weighted by Gasteiger charge is -2.39. The van der Waals surface area contributed by atoms with E-state index >= 15 is 0 Å². The van der Waals surface area contributed by atoms with Crippen molar-refractivity contribution in [2.45, 2.75) is 18.9 Å². The standard InChI is InChI=1S/C19H20N2O4S2/c22-27(23)12-16(21-8-10-24-11-9-21)14-6-7-15-18(17(14)25-27)26-19(20-15)13-4-2-1-3-5-13/h1-5,16H,6-12H2/t16-/m0/s1. The molecule has 0 radical (unpaired) electrons. The van der Waals surface area contributed by atoms with Crippen LogP contribution in [-0.2, 0) is 25.5 Å². The number of aromatic nitrogens is 1. The SMILES string of the molecule is O=S1(=O)C[C@H](N2CCOCC2)C2=C(O1)c1sc(-c3ccccc3)nc1CC2. The van der Waals surface area contributed by atoms with E-state index in [-0.39, 0.29) is 11.8 Å². The predicted octanol–water partition coefficient (Wildman–Crippen LogP) is 2.53. The van der Waals surface area contributed by atoms with Gasteiger partial charge in [0.15, 0.2) is 5.76 Å². The van der Waals surface area contributed by atoms with Crippen LogP contribution in [0.2, 0.25) is 0 Å². The van der Waals surface area contributed by atoms with Crippen molar-refractivity contribution in [3.8, 4) is 10.6 Å². The Morgan fingerprint density at radius 3 is 2.67 bits per heavy atom. The minimum absolute atomic E-state index is 0.0194. The second kappa shape index (κ2) is 6.70. The molecule has 0 amide bonds. The average Bonchev–Trinajstić information content (AvgIpc) is 3.13. The summed E-state index contributed by atoms with van der Waals surface area (Å²) in [7, 11) is -3.61. The molecule has 1 aliphatic carbocycles. The highest BCUT2D eigenvalue weighted by Crippen LogP contribution is 2.44. The number of hydrogen-bond acceptors (Lipinski definition) is 7. The normalized spacial score (nSPS) is 24.8. The van der Waals surface area contributed by atoms with Crippen molar-refractivity contribution in [2.24, 2.45) is 0 Å². The number of aryl methyl sites for hydroxylation is 1. The van der Waals surface area contributed by atoms with Gasteiger partial charge >= 0.3 is 10.1 Å². The van der Waals surface area contributed by atoms with Crippen molar-refractivity contribution >= 4 is 27.2 Å². The van der Waals surface area contributed by atoms with Crippen molar-refractivity contribution in [1.29, 1.82) is 0 Å². The van der Waals surface area contributed by atoms with Crippen molar-refractivity contribution in [1.82, 2.24) is 9.88 Å². The number of hydrogen-bond donors (Lipinski definition) is 0. The van der Waals surface area contributed by atoms with Crippen molar-refractivity contribution in [2.75, 3.05) is 32.1 Å². The Bertz CT molecular complexity index is 992. The molecule has 5 rings (SSSR count). The van der Waals surface area contributed by atoms with Gasteiger partial charge in [0.1, 0.15) is 10.8 Å². The Morgan fingerprint density at radius 2 is 1.89 bits per heavy atom. The maximum atomic E-state index is 12.5. The topological polar surface area (TPSA) is 68.7 Å². The summed E-state index contributed by atoms with van der Waals surface area (Å²) < 4.78 is 36.0. The summed E-state index contributed by atoms with van der Waals surface area (Å²) in [6.07, 6.45) is 1.61. The lowest BCUT2D eigenvalue weighted by molar-refractivity contribution is 0.0257. The molecule has 0 spiro atoms. The summed E-state index contributed by atoms with van der Waals surface area (Å²) in [6.45, 7) is 2.79. The lowest BCUT2D eigenvalue weighted by atomic mass is 9.93. The molecule has 0 N–H and O–H groups in total. The molecule has 3 aliphatic rings. The minimum Gasteiger partial charge on any atom is -0.381 e. The van der Waals surface area contributed by atoms with Gasteiger partial charge in [0.05, 0.1) is 29.8 Å². The molecular formula is C19H20N2O4S2. The maximum Gasteiger partial charge on any atom is 0.311 e. The van der Waals surface area contributed by atoms with Gasteiger partial charge in [0.2, 0.25) is 0 Å². The summed E-state index contributed by atoms with van der Waals surface area (Å²) >= 11 is 1.52. The van der Waals surface area contributed by atoms with Gasteiger partial charge in [0.25, 0.3) is 0 Å². The highest BCUT2D eigenvalue weighted by Gasteiger charge is 2.41. The lowest BCUT2D eigenvalue weighted by Crippen LogP contribution is -2.49. The molecule has 6 nitrogen and oxygen atoms in total. The van der Waals surface area contributed by atoms with Gasteiger partial charge in [-0.25, -0.2) is 4.98 Å². The third-order valence-electron chi connectivity index (χ3n) is 5.31. The number of ether oxygens (including phenoxy) is 1. The highest BCUT2D eigenvalue weighted by molar-refractivity contribution is 7.87. The zero-order chi connectivity index (χ0) is 18.4. The molecule has 2 aromatic rings. The number of nitrogens with zero attached hydrogens (tertiary/aromatic N) is 2. The highest BCUT2D eigenvalue weighted by atomic mass is 32.2. The Kier molecular flexibility index (Phi) is 4.31. The van der Waals surface area contributed by atoms with Crippen LogP contribution in [0.5, 0.6) is 0 Å². The first kappa shape index (κ1) is 17.4. The Hall–Kier alpha value is -1.74. The average molecular weight is 405 g/mol. The van der Waals surface area contributed by atoms with Crippen LogP contribution in [0.3, 0.4) is 0 Å². The number of morpholine rings is 1. The summed E-state index contributed by atoms with van der Waals surface area (Å²) in [4.78, 5) is 7.87. The van der Waals surface area contributed by atoms with Gasteiger partial charge < -0.3 is 8.92 Å². The molecule has 1 saturated heterocycles. The van der Waals surface area contributed by atoms with Crippen LogP contribution >= 0.6 is 11.3 Å². The maximum absolute atomic E-state index is 12.5. The zero-order valence-corrected chi connectivity index (χ0v) is 16.4. The zero-order valence-electron chi connectivity index (χ0n) is 14.8. The molecule has 1 atom stereocenters. The van der Waals surface area contributed by atoms with Gasteiger partial charge in [-0.2, -0.15) is 8.42 Å². The molecule has 2 aliphatic heterocycles. The van der Waals surface area contributed by atoms with E-state index in [0.717, 1.165) is 52.6 Å². The van der Waals surface area contributed by atoms with Crippen molar-refractivity contribution < 1.29 is 17.3 Å². The largest absolute Gasteiger partial charge is 0.381 e. The molecule has 8 heteroatoms. The number of benzene rings is 1. The summed E-state index contributed by atoms with van der Waals surface area (Å²) in [6, 6.07) is 9.86. The summed E-state index contributed by atoms with van der Waals surface area (Å²) in [5.41, 5.74) is 3.08. The van der Waals surface area contributed by atoms with Crippen molar-refractivity contribution in [3.63, 3.8) is 0 Å². The molecule has 0 saturated carbocycles. The van der Waals surface area contributed by atoms with E-state index in [1.54, 1.807) is 0 Å². The molecule has 1 fully saturated rings. The molecule has 142 valence electrons. The molecule has 27 heavy (non-hydrogen) atoms. The van der Waals surface area contributed by atoms with E-state index in [1.165, 1.54) is 11.3 Å². The molecule has 0 bridgehead atoms. The quantitative estimate of drug-likeness (QED) is 0.717. The van der Waals surface area contributed by atoms with Gasteiger partial charge in [0, 0.05) is 18.7 Å². The first-order chi connectivity index (χ1) is 13.1. The molecule has 3 heterocycles. The van der Waals surface area contributed by atoms with Gasteiger partial charge in [-0.05, 0) is 18.4 Å². The van der Waals surface area contributed by atoms with Crippen LogP contribution in [0.4, 0.5) is 0 Å². The fourth-order valence-electron chi connectivity index (χ4n) is 3.99. The van der Waals surface area contributed by atoms with E-state index in [2.05, 4.69) is 4.90 Å². The smallest absolute Gasteiger partial charge is 0.311 e. The third kappa shape index (κ3) is 3.20. The molecular weight excluding hydrogens is 384 g/mol. The third-order valence-corrected chi connectivity index (χ3v) is 7.60. The van der Waals surface area contributed by atoms with E-state index in [9.17, 15) is 8.42 Å². The van der Waals surface area contributed by atoms with Gasteiger partial charge in [-0.15, -0.1) is 11.3 Å². The Balaban J connectivity index is 1.58. The van der Waals surface area contributed by atoms with E-state index < -0.39 is 10.1 Å². The molecule has 1 aromatic carbocycles. The molecule has 1 aromatic heterocycles. The molecule has 0 unspecified atom stereocenters. The Morgan fingerprint density at radius 1 is 1.11 bits per heavy atom. The van der Waals surface area contributed by atoms with E-state index in [4.69, 9.17) is 13.9 Å². The second-order valence-corrected chi connectivity index (χ2v) is 9.60. The predicted molar refractivity (Wildman–Crippen MR) is 104 cm³/mol. The van der Waals surface area contributed by atoms with Crippen LogP contribution in [0, 0.1) is 0 Å². The second-order valence-electron chi connectivity index (χ2n) is 6.99. The number of fused-ring (bicyclic) bond motifs is 2. The fraction of sp³-hybridized carbons (Fsp3) is 0.421. The van der Waals surface area contributed by atoms with E-state index in [0.29, 0.717) is 19.0 Å². The first-order valence-electron chi connectivity index (χ1n) is 9.13. The van der Waals surface area contributed by atoms with Gasteiger partial charge in [-0.3, -0.25) is 4.90 Å². The van der Waals surface area contributed by atoms with Crippen LogP contribution in [-0.4, -0.2) is 56.4 Å². The van der Waals surface area contributed by atoms with Crippen LogP contribution in [0.25, 0.3) is 16.3 Å². The van der Waals surface area contributed by atoms with Crippen molar-refractivity contribution in [3.05, 3.63) is 46.5 Å². The minimum atomic E-state index is -3.61. The van der Waals surface area contributed by atoms with E-state index in [1.807, 2.05) is 30.3 Å². The van der Waals surface area contributed by atoms with Gasteiger partial charge in [-0.1, -0.05) is 30.3 Å². The van der Waals surface area contributed by atoms with Crippen LogP contribution in [0.15, 0.2) is 35.9 Å². The number of rotatable bonds is 2.